The number of aromatic nitrogens is 2. The van der Waals surface area contributed by atoms with Crippen LogP contribution in [0.15, 0.2) is 72.0 Å². The molecule has 5 rings (SSSR count). The number of rotatable bonds is 5. The van der Waals surface area contributed by atoms with Crippen molar-refractivity contribution in [3.63, 3.8) is 0 Å². The van der Waals surface area contributed by atoms with Crippen LogP contribution in [0, 0.1) is 5.92 Å². The molecule has 0 bridgehead atoms. The first-order chi connectivity index (χ1) is 15.8. The van der Waals surface area contributed by atoms with Crippen LogP contribution in [0.3, 0.4) is 0 Å². The lowest BCUT2D eigenvalue weighted by Gasteiger charge is -2.38. The molecule has 34 heavy (non-hydrogen) atoms. The van der Waals surface area contributed by atoms with Crippen molar-refractivity contribution >= 4 is 23.4 Å². The number of anilines is 1. The number of amides is 1. The number of hydrogen-bond acceptors (Lipinski definition) is 6. The van der Waals surface area contributed by atoms with E-state index in [1.54, 1.807) is 24.3 Å². The molecule has 180 valence electrons. The van der Waals surface area contributed by atoms with Gasteiger partial charge in [-0.2, -0.15) is 0 Å². The van der Waals surface area contributed by atoms with Gasteiger partial charge in [-0.3, -0.25) is 4.79 Å². The van der Waals surface area contributed by atoms with Crippen LogP contribution in [-0.2, 0) is 17.0 Å². The minimum atomic E-state index is -0.0809. The number of nitrogens with zero attached hydrogens (tertiary/aromatic N) is 4. The topological polar surface area (TPSA) is 122 Å². The van der Waals surface area contributed by atoms with Gasteiger partial charge in [-0.25, -0.2) is 9.97 Å². The van der Waals surface area contributed by atoms with E-state index in [1.807, 2.05) is 29.2 Å². The predicted molar refractivity (Wildman–Crippen MR) is 133 cm³/mol. The van der Waals surface area contributed by atoms with Crippen LogP contribution in [0.25, 0.3) is 0 Å². The SMILES string of the molecule is O.O.O=C(C1COc2ccccc2C1)N1CCN(c2ccc(SCc3ccncn3)cc2)CC1. The zero-order valence-corrected chi connectivity index (χ0v) is 19.7. The van der Waals surface area contributed by atoms with Gasteiger partial charge in [0, 0.05) is 48.7 Å². The van der Waals surface area contributed by atoms with Crippen molar-refractivity contribution in [2.24, 2.45) is 5.92 Å². The molecule has 2 aromatic carbocycles. The number of carbonyl (C=O) groups is 1. The fraction of sp³-hybridized carbons (Fsp3) is 0.320. The number of piperazine rings is 1. The molecule has 2 aliphatic heterocycles. The lowest BCUT2D eigenvalue weighted by Crippen LogP contribution is -2.51. The molecular formula is C25H30N4O4S. The second-order valence-corrected chi connectivity index (χ2v) is 9.16. The summed E-state index contributed by atoms with van der Waals surface area (Å²) < 4.78 is 5.83. The van der Waals surface area contributed by atoms with Crippen LogP contribution >= 0.6 is 11.8 Å². The fourth-order valence-electron chi connectivity index (χ4n) is 4.24. The zero-order chi connectivity index (χ0) is 21.8. The predicted octanol–water partition coefficient (Wildman–Crippen LogP) is 2.02. The van der Waals surface area contributed by atoms with E-state index in [4.69, 9.17) is 4.74 Å². The minimum absolute atomic E-state index is 0. The number of thioether (sulfide) groups is 1. The van der Waals surface area contributed by atoms with Crippen LogP contribution in [0.1, 0.15) is 11.3 Å². The van der Waals surface area contributed by atoms with Crippen LogP contribution in [0.4, 0.5) is 5.69 Å². The van der Waals surface area contributed by atoms with Crippen molar-refractivity contribution in [3.8, 4) is 5.75 Å². The quantitative estimate of drug-likeness (QED) is 0.513. The molecule has 1 fully saturated rings. The van der Waals surface area contributed by atoms with E-state index in [2.05, 4.69) is 45.2 Å². The van der Waals surface area contributed by atoms with Gasteiger partial charge < -0.3 is 25.5 Å². The Bertz CT molecular complexity index is 1060. The van der Waals surface area contributed by atoms with E-state index in [9.17, 15) is 4.79 Å². The van der Waals surface area contributed by atoms with Crippen molar-refractivity contribution < 1.29 is 20.5 Å². The Morgan fingerprint density at radius 3 is 2.50 bits per heavy atom. The molecular weight excluding hydrogens is 452 g/mol. The molecule has 1 aromatic heterocycles. The summed E-state index contributed by atoms with van der Waals surface area (Å²) in [5.41, 5.74) is 3.37. The molecule has 0 spiro atoms. The number of para-hydroxylation sites is 1. The Balaban J connectivity index is 0.00000162. The molecule has 1 amide bonds. The molecule has 1 atom stereocenters. The van der Waals surface area contributed by atoms with Gasteiger partial charge in [0.05, 0.1) is 11.6 Å². The molecule has 9 heteroatoms. The Morgan fingerprint density at radius 1 is 1.00 bits per heavy atom. The van der Waals surface area contributed by atoms with E-state index < -0.39 is 0 Å². The van der Waals surface area contributed by atoms with E-state index in [-0.39, 0.29) is 22.8 Å². The second kappa shape index (κ2) is 11.8. The van der Waals surface area contributed by atoms with Gasteiger partial charge in [0.25, 0.3) is 0 Å². The van der Waals surface area contributed by atoms with Crippen LogP contribution < -0.4 is 9.64 Å². The maximum atomic E-state index is 13.1. The van der Waals surface area contributed by atoms with Gasteiger partial charge in [-0.05, 0) is 48.4 Å². The van der Waals surface area contributed by atoms with E-state index >= 15 is 0 Å². The molecule has 0 aliphatic carbocycles. The third-order valence-corrected chi connectivity index (χ3v) is 7.10. The van der Waals surface area contributed by atoms with Gasteiger partial charge in [0.2, 0.25) is 5.91 Å². The zero-order valence-electron chi connectivity index (χ0n) is 18.9. The highest BCUT2D eigenvalue weighted by molar-refractivity contribution is 7.98. The van der Waals surface area contributed by atoms with Gasteiger partial charge in [-0.1, -0.05) is 18.2 Å². The highest BCUT2D eigenvalue weighted by atomic mass is 32.2. The molecule has 3 aromatic rings. The minimum Gasteiger partial charge on any atom is -0.492 e. The van der Waals surface area contributed by atoms with Crippen LogP contribution in [0.2, 0.25) is 0 Å². The lowest BCUT2D eigenvalue weighted by atomic mass is 9.95. The third-order valence-electron chi connectivity index (χ3n) is 6.05. The molecule has 2 aliphatic rings. The van der Waals surface area contributed by atoms with E-state index in [0.29, 0.717) is 6.61 Å². The molecule has 3 heterocycles. The number of benzene rings is 2. The summed E-state index contributed by atoms with van der Waals surface area (Å²) in [5, 5.41) is 0. The number of fused-ring (bicyclic) bond motifs is 1. The normalized spacial score (nSPS) is 17.0. The summed E-state index contributed by atoms with van der Waals surface area (Å²) in [7, 11) is 0. The summed E-state index contributed by atoms with van der Waals surface area (Å²) in [6, 6.07) is 18.6. The highest BCUT2D eigenvalue weighted by Gasteiger charge is 2.31. The molecule has 0 saturated carbocycles. The number of ether oxygens (including phenoxy) is 1. The van der Waals surface area contributed by atoms with E-state index in [1.165, 1.54) is 10.6 Å². The molecule has 4 N–H and O–H groups in total. The van der Waals surface area contributed by atoms with Gasteiger partial charge in [0.1, 0.15) is 18.7 Å². The Morgan fingerprint density at radius 2 is 1.76 bits per heavy atom. The standard InChI is InChI=1S/C25H26N4O2S.2H2O/c30-25(20-15-19-3-1-2-4-24(19)31-16-20)29-13-11-28(12-14-29)22-5-7-23(8-6-22)32-17-21-9-10-26-18-27-21;;/h1-10,18,20H,11-17H2;2*1H2. The summed E-state index contributed by atoms with van der Waals surface area (Å²) >= 11 is 1.77. The smallest absolute Gasteiger partial charge is 0.229 e. The number of hydrogen-bond donors (Lipinski definition) is 0. The van der Waals surface area contributed by atoms with Gasteiger partial charge in [-0.15, -0.1) is 11.8 Å². The molecule has 0 radical (unpaired) electrons. The lowest BCUT2D eigenvalue weighted by molar-refractivity contribution is -0.137. The maximum absolute atomic E-state index is 13.1. The van der Waals surface area contributed by atoms with Crippen LogP contribution in [-0.4, -0.2) is 64.5 Å². The van der Waals surface area contributed by atoms with Crippen molar-refractivity contribution in [1.29, 1.82) is 0 Å². The average molecular weight is 483 g/mol. The summed E-state index contributed by atoms with van der Waals surface area (Å²) in [5.74, 6) is 1.89. The van der Waals surface area contributed by atoms with Crippen LogP contribution in [0.5, 0.6) is 5.75 Å². The summed E-state index contributed by atoms with van der Waals surface area (Å²) in [4.78, 5) is 26.9. The Hall–Kier alpha value is -3.14. The largest absolute Gasteiger partial charge is 0.492 e. The molecule has 1 unspecified atom stereocenters. The molecule has 8 nitrogen and oxygen atoms in total. The summed E-state index contributed by atoms with van der Waals surface area (Å²) in [6.07, 6.45) is 4.13. The monoisotopic (exact) mass is 482 g/mol. The first-order valence-electron chi connectivity index (χ1n) is 11.0. The Kier molecular flexibility index (Phi) is 8.86. The van der Waals surface area contributed by atoms with E-state index in [0.717, 1.165) is 55.4 Å². The van der Waals surface area contributed by atoms with Crippen molar-refractivity contribution in [3.05, 3.63) is 78.4 Å². The van der Waals surface area contributed by atoms with Crippen molar-refractivity contribution in [2.45, 2.75) is 17.1 Å². The first-order valence-corrected chi connectivity index (χ1v) is 12.0. The van der Waals surface area contributed by atoms with Gasteiger partial charge in [0.15, 0.2) is 0 Å². The average Bonchev–Trinajstić information content (AvgIpc) is 2.88. The molecule has 1 saturated heterocycles. The maximum Gasteiger partial charge on any atom is 0.229 e. The van der Waals surface area contributed by atoms with Crippen molar-refractivity contribution in [2.75, 3.05) is 37.7 Å². The Labute approximate surface area is 203 Å². The van der Waals surface area contributed by atoms with Crippen molar-refractivity contribution in [1.82, 2.24) is 14.9 Å². The number of carbonyl (C=O) groups excluding carboxylic acids is 1. The highest BCUT2D eigenvalue weighted by Crippen LogP contribution is 2.29. The fourth-order valence-corrected chi connectivity index (χ4v) is 5.06. The third kappa shape index (κ3) is 5.85. The second-order valence-electron chi connectivity index (χ2n) is 8.12. The first kappa shape index (κ1) is 25.5. The van der Waals surface area contributed by atoms with Gasteiger partial charge >= 0.3 is 0 Å². The summed E-state index contributed by atoms with van der Waals surface area (Å²) in [6.45, 7) is 3.68.